The van der Waals surface area contributed by atoms with Crippen molar-refractivity contribution in [1.82, 2.24) is 0 Å². The molecule has 0 aliphatic heterocycles. The normalized spacial score (nSPS) is 18.9. The summed E-state index contributed by atoms with van der Waals surface area (Å²) in [4.78, 5) is 0. The lowest BCUT2D eigenvalue weighted by molar-refractivity contribution is 0.134. The first-order valence-corrected chi connectivity index (χ1v) is 6.63. The number of aliphatic hydroxyl groups is 1. The van der Waals surface area contributed by atoms with E-state index in [-0.39, 0.29) is 5.92 Å². The van der Waals surface area contributed by atoms with E-state index in [4.69, 9.17) is 23.2 Å². The molecule has 1 N–H and O–H groups in total. The van der Waals surface area contributed by atoms with Gasteiger partial charge in [-0.25, -0.2) is 0 Å². The Bertz CT molecular complexity index is 595. The molecule has 1 nitrogen and oxygen atoms in total. The van der Waals surface area contributed by atoms with Gasteiger partial charge in [0.2, 0.25) is 0 Å². The highest BCUT2D eigenvalue weighted by Gasteiger charge is 2.33. The molecule has 3 heteroatoms. The topological polar surface area (TPSA) is 20.2 Å². The standard InChI is InChI=1S/C15H12Cl2O/c16-10-5-6-12(14(17)8-10)15(18)13-7-9-3-1-2-4-11(9)13/h1-6,8,13,15,18H,7H2. The van der Waals surface area contributed by atoms with Crippen molar-refractivity contribution in [3.8, 4) is 0 Å². The Hall–Kier alpha value is -1.02. The molecular weight excluding hydrogens is 267 g/mol. The van der Waals surface area contributed by atoms with Crippen molar-refractivity contribution in [3.05, 3.63) is 69.2 Å². The van der Waals surface area contributed by atoms with Gasteiger partial charge in [-0.1, -0.05) is 53.5 Å². The number of halogens is 2. The summed E-state index contributed by atoms with van der Waals surface area (Å²) in [6.07, 6.45) is 0.334. The van der Waals surface area contributed by atoms with Crippen molar-refractivity contribution in [3.63, 3.8) is 0 Å². The summed E-state index contributed by atoms with van der Waals surface area (Å²) in [6, 6.07) is 13.4. The van der Waals surface area contributed by atoms with Gasteiger partial charge in [0.05, 0.1) is 6.10 Å². The van der Waals surface area contributed by atoms with Crippen LogP contribution >= 0.6 is 23.2 Å². The van der Waals surface area contributed by atoms with Gasteiger partial charge < -0.3 is 5.11 Å². The lowest BCUT2D eigenvalue weighted by Gasteiger charge is -2.34. The summed E-state index contributed by atoms with van der Waals surface area (Å²) in [6.45, 7) is 0. The van der Waals surface area contributed by atoms with E-state index in [0.717, 1.165) is 12.0 Å². The maximum absolute atomic E-state index is 10.4. The number of aliphatic hydroxyl groups excluding tert-OH is 1. The maximum atomic E-state index is 10.4. The van der Waals surface area contributed by atoms with Gasteiger partial charge in [-0.05, 0) is 35.2 Å². The predicted octanol–water partition coefficient (Wildman–Crippen LogP) is 4.37. The van der Waals surface area contributed by atoms with E-state index in [1.54, 1.807) is 18.2 Å². The van der Waals surface area contributed by atoms with E-state index < -0.39 is 6.10 Å². The summed E-state index contributed by atoms with van der Waals surface area (Å²) in [5.41, 5.74) is 3.28. The Morgan fingerprint density at radius 3 is 2.61 bits per heavy atom. The van der Waals surface area contributed by atoms with E-state index in [1.165, 1.54) is 11.1 Å². The number of hydrogen-bond donors (Lipinski definition) is 1. The van der Waals surface area contributed by atoms with Gasteiger partial charge in [0.1, 0.15) is 0 Å². The van der Waals surface area contributed by atoms with Gasteiger partial charge in [-0.2, -0.15) is 0 Å². The molecule has 0 fully saturated rings. The Balaban J connectivity index is 1.91. The van der Waals surface area contributed by atoms with E-state index in [0.29, 0.717) is 10.0 Å². The van der Waals surface area contributed by atoms with Crippen molar-refractivity contribution in [2.45, 2.75) is 18.4 Å². The molecule has 2 atom stereocenters. The molecule has 0 saturated carbocycles. The van der Waals surface area contributed by atoms with Gasteiger partial charge in [-0.3, -0.25) is 0 Å². The minimum absolute atomic E-state index is 0.139. The van der Waals surface area contributed by atoms with Gasteiger partial charge in [0, 0.05) is 16.0 Å². The minimum atomic E-state index is -0.565. The summed E-state index contributed by atoms with van der Waals surface area (Å²) in [5.74, 6) is 0.139. The highest BCUT2D eigenvalue weighted by atomic mass is 35.5. The smallest absolute Gasteiger partial charge is 0.0876 e. The number of benzene rings is 2. The van der Waals surface area contributed by atoms with E-state index in [2.05, 4.69) is 12.1 Å². The molecule has 2 unspecified atom stereocenters. The third kappa shape index (κ3) is 1.93. The molecule has 1 aliphatic rings. The van der Waals surface area contributed by atoms with Crippen molar-refractivity contribution >= 4 is 23.2 Å². The summed E-state index contributed by atoms with van der Waals surface area (Å²) in [5, 5.41) is 11.5. The average molecular weight is 279 g/mol. The number of hydrogen-bond acceptors (Lipinski definition) is 1. The van der Waals surface area contributed by atoms with Gasteiger partial charge >= 0.3 is 0 Å². The molecule has 92 valence electrons. The second-order valence-corrected chi connectivity index (χ2v) is 5.46. The molecule has 2 aromatic carbocycles. The van der Waals surface area contributed by atoms with Crippen LogP contribution in [0, 0.1) is 0 Å². The predicted molar refractivity (Wildman–Crippen MR) is 74.3 cm³/mol. The second kappa shape index (κ2) is 4.58. The molecule has 0 radical (unpaired) electrons. The van der Waals surface area contributed by atoms with Gasteiger partial charge in [-0.15, -0.1) is 0 Å². The lowest BCUT2D eigenvalue weighted by Crippen LogP contribution is -2.23. The monoisotopic (exact) mass is 278 g/mol. The van der Waals surface area contributed by atoms with Crippen LogP contribution in [0.3, 0.4) is 0 Å². The van der Waals surface area contributed by atoms with Crippen LogP contribution in [0.2, 0.25) is 10.0 Å². The first-order chi connectivity index (χ1) is 8.66. The fourth-order valence-corrected chi connectivity index (χ4v) is 3.06. The van der Waals surface area contributed by atoms with Crippen LogP contribution in [0.5, 0.6) is 0 Å². The Labute approximate surface area is 116 Å². The molecule has 1 aliphatic carbocycles. The van der Waals surface area contributed by atoms with Crippen molar-refractivity contribution < 1.29 is 5.11 Å². The molecule has 0 bridgehead atoms. The van der Waals surface area contributed by atoms with E-state index in [9.17, 15) is 5.11 Å². The van der Waals surface area contributed by atoms with Crippen LogP contribution in [0.1, 0.15) is 28.7 Å². The highest BCUT2D eigenvalue weighted by molar-refractivity contribution is 6.35. The van der Waals surface area contributed by atoms with Crippen molar-refractivity contribution in [2.24, 2.45) is 0 Å². The maximum Gasteiger partial charge on any atom is 0.0876 e. The van der Waals surface area contributed by atoms with Crippen LogP contribution < -0.4 is 0 Å². The summed E-state index contributed by atoms with van der Waals surface area (Å²) in [7, 11) is 0. The lowest BCUT2D eigenvalue weighted by atomic mass is 9.73. The fourth-order valence-electron chi connectivity index (χ4n) is 2.54. The Morgan fingerprint density at radius 1 is 1.11 bits per heavy atom. The molecule has 0 heterocycles. The Morgan fingerprint density at radius 2 is 1.89 bits per heavy atom. The van der Waals surface area contributed by atoms with Crippen molar-refractivity contribution in [2.75, 3.05) is 0 Å². The molecule has 0 aromatic heterocycles. The van der Waals surface area contributed by atoms with Gasteiger partial charge in [0.25, 0.3) is 0 Å². The Kier molecular flexibility index (Phi) is 3.06. The minimum Gasteiger partial charge on any atom is -0.388 e. The SMILES string of the molecule is OC(c1ccc(Cl)cc1Cl)C1Cc2ccccc21. The van der Waals surface area contributed by atoms with E-state index in [1.807, 2.05) is 12.1 Å². The third-order valence-corrected chi connectivity index (χ3v) is 4.12. The summed E-state index contributed by atoms with van der Waals surface area (Å²) < 4.78 is 0. The van der Waals surface area contributed by atoms with Gasteiger partial charge in [0.15, 0.2) is 0 Å². The van der Waals surface area contributed by atoms with E-state index >= 15 is 0 Å². The molecule has 0 amide bonds. The molecular formula is C15H12Cl2O. The zero-order valence-corrected chi connectivity index (χ0v) is 11.1. The third-order valence-electron chi connectivity index (χ3n) is 3.56. The summed E-state index contributed by atoms with van der Waals surface area (Å²) >= 11 is 12.0. The average Bonchev–Trinajstić information content (AvgIpc) is 2.30. The molecule has 18 heavy (non-hydrogen) atoms. The van der Waals surface area contributed by atoms with Crippen LogP contribution in [-0.2, 0) is 6.42 Å². The number of fused-ring (bicyclic) bond motifs is 1. The van der Waals surface area contributed by atoms with Crippen molar-refractivity contribution in [1.29, 1.82) is 0 Å². The zero-order valence-electron chi connectivity index (χ0n) is 9.61. The molecule has 3 rings (SSSR count). The van der Waals surface area contributed by atoms with Crippen LogP contribution in [-0.4, -0.2) is 5.11 Å². The van der Waals surface area contributed by atoms with Crippen LogP contribution in [0.15, 0.2) is 42.5 Å². The molecule has 0 saturated heterocycles. The first kappa shape index (κ1) is 12.0. The molecule has 2 aromatic rings. The number of rotatable bonds is 2. The highest BCUT2D eigenvalue weighted by Crippen LogP contribution is 2.44. The quantitative estimate of drug-likeness (QED) is 0.865. The van der Waals surface area contributed by atoms with Crippen LogP contribution in [0.25, 0.3) is 0 Å². The largest absolute Gasteiger partial charge is 0.388 e. The zero-order chi connectivity index (χ0) is 12.7. The molecule has 0 spiro atoms. The van der Waals surface area contributed by atoms with Crippen LogP contribution in [0.4, 0.5) is 0 Å². The fraction of sp³-hybridized carbons (Fsp3) is 0.200. The second-order valence-electron chi connectivity index (χ2n) is 4.62. The first-order valence-electron chi connectivity index (χ1n) is 5.87.